The van der Waals surface area contributed by atoms with Crippen LogP contribution in [0.5, 0.6) is 0 Å². The second-order valence-electron chi connectivity index (χ2n) is 2.47. The Bertz CT molecular complexity index is 411. The van der Waals surface area contributed by atoms with Gasteiger partial charge in [0.05, 0.1) is 10.7 Å². The van der Waals surface area contributed by atoms with Gasteiger partial charge in [0.15, 0.2) is 0 Å². The summed E-state index contributed by atoms with van der Waals surface area (Å²) < 4.78 is 1.47. The number of tetrazole rings is 1. The summed E-state index contributed by atoms with van der Waals surface area (Å²) in [5.74, 6) is 0. The van der Waals surface area contributed by atoms with Crippen molar-refractivity contribution in [3.8, 4) is 5.69 Å². The van der Waals surface area contributed by atoms with Gasteiger partial charge in [0, 0.05) is 5.69 Å². The first-order valence-electron chi connectivity index (χ1n) is 3.56. The summed E-state index contributed by atoms with van der Waals surface area (Å²) in [4.78, 5) is 0. The molecule has 5 nitrogen and oxygen atoms in total. The minimum atomic E-state index is 0.521. The minimum Gasteiger partial charge on any atom is -0.399 e. The molecule has 2 rings (SSSR count). The van der Waals surface area contributed by atoms with Crippen molar-refractivity contribution in [3.05, 3.63) is 29.5 Å². The van der Waals surface area contributed by atoms with Crippen LogP contribution in [-0.4, -0.2) is 20.2 Å². The first kappa shape index (κ1) is 8.00. The highest BCUT2D eigenvalue weighted by atomic mass is 35.5. The van der Waals surface area contributed by atoms with Gasteiger partial charge in [-0.05, 0) is 28.6 Å². The van der Waals surface area contributed by atoms with Gasteiger partial charge in [-0.1, -0.05) is 11.6 Å². The second-order valence-corrected chi connectivity index (χ2v) is 2.87. The van der Waals surface area contributed by atoms with Crippen LogP contribution in [0, 0.1) is 0 Å². The van der Waals surface area contributed by atoms with E-state index < -0.39 is 0 Å². The lowest BCUT2D eigenvalue weighted by molar-refractivity contribution is 0.789. The first-order valence-corrected chi connectivity index (χ1v) is 3.93. The standard InChI is InChI=1S/C7H6ClN5/c8-6-3-5(9)1-2-7(6)13-4-10-11-12-13/h1-4H,9H2. The van der Waals surface area contributed by atoms with E-state index in [4.69, 9.17) is 17.3 Å². The monoisotopic (exact) mass is 195 g/mol. The van der Waals surface area contributed by atoms with Gasteiger partial charge < -0.3 is 5.73 Å². The molecule has 66 valence electrons. The van der Waals surface area contributed by atoms with Crippen molar-refractivity contribution in [1.82, 2.24) is 20.2 Å². The number of nitrogen functional groups attached to an aromatic ring is 1. The van der Waals surface area contributed by atoms with Crippen LogP contribution < -0.4 is 5.73 Å². The van der Waals surface area contributed by atoms with Crippen molar-refractivity contribution in [3.63, 3.8) is 0 Å². The summed E-state index contributed by atoms with van der Waals surface area (Å²) in [6.07, 6.45) is 1.47. The van der Waals surface area contributed by atoms with Crippen LogP contribution >= 0.6 is 11.6 Å². The molecule has 1 aromatic carbocycles. The molecule has 0 fully saturated rings. The molecule has 0 aliphatic heterocycles. The lowest BCUT2D eigenvalue weighted by Gasteiger charge is -2.02. The number of rotatable bonds is 1. The zero-order valence-electron chi connectivity index (χ0n) is 6.55. The van der Waals surface area contributed by atoms with Crippen LogP contribution in [0.3, 0.4) is 0 Å². The lowest BCUT2D eigenvalue weighted by Crippen LogP contribution is -1.96. The average molecular weight is 196 g/mol. The molecule has 0 unspecified atom stereocenters. The zero-order chi connectivity index (χ0) is 9.26. The highest BCUT2D eigenvalue weighted by molar-refractivity contribution is 6.32. The third kappa shape index (κ3) is 1.46. The molecule has 6 heteroatoms. The van der Waals surface area contributed by atoms with E-state index in [-0.39, 0.29) is 0 Å². The Morgan fingerprint density at radius 1 is 1.38 bits per heavy atom. The molecule has 0 saturated carbocycles. The Balaban J connectivity index is 2.53. The maximum atomic E-state index is 5.92. The van der Waals surface area contributed by atoms with Crippen LogP contribution in [0.2, 0.25) is 5.02 Å². The summed E-state index contributed by atoms with van der Waals surface area (Å²) in [5, 5.41) is 11.2. The van der Waals surface area contributed by atoms with E-state index in [2.05, 4.69) is 15.5 Å². The molecule has 1 aromatic heterocycles. The maximum Gasteiger partial charge on any atom is 0.143 e. The molecule has 0 atom stereocenters. The smallest absolute Gasteiger partial charge is 0.143 e. The summed E-state index contributed by atoms with van der Waals surface area (Å²) in [6, 6.07) is 5.15. The topological polar surface area (TPSA) is 69.6 Å². The van der Waals surface area contributed by atoms with E-state index in [1.807, 2.05) is 0 Å². The zero-order valence-corrected chi connectivity index (χ0v) is 7.31. The molecule has 0 aliphatic carbocycles. The second kappa shape index (κ2) is 3.02. The Labute approximate surface area is 79.1 Å². The number of aromatic nitrogens is 4. The van der Waals surface area contributed by atoms with E-state index >= 15 is 0 Å². The van der Waals surface area contributed by atoms with E-state index in [0.29, 0.717) is 16.4 Å². The van der Waals surface area contributed by atoms with Crippen molar-refractivity contribution in [2.45, 2.75) is 0 Å². The average Bonchev–Trinajstić information content (AvgIpc) is 2.56. The van der Waals surface area contributed by atoms with Gasteiger partial charge in [-0.25, -0.2) is 0 Å². The van der Waals surface area contributed by atoms with E-state index in [9.17, 15) is 0 Å². The molecule has 0 spiro atoms. The van der Waals surface area contributed by atoms with Gasteiger partial charge in [-0.15, -0.1) is 5.10 Å². The fourth-order valence-corrected chi connectivity index (χ4v) is 1.26. The van der Waals surface area contributed by atoms with Crippen molar-refractivity contribution in [2.24, 2.45) is 0 Å². The van der Waals surface area contributed by atoms with E-state index in [1.165, 1.54) is 11.0 Å². The summed E-state index contributed by atoms with van der Waals surface area (Å²) in [7, 11) is 0. The third-order valence-electron chi connectivity index (χ3n) is 1.57. The predicted molar refractivity (Wildman–Crippen MR) is 48.6 cm³/mol. The molecule has 0 aliphatic rings. The van der Waals surface area contributed by atoms with Crippen LogP contribution in [0.25, 0.3) is 5.69 Å². The van der Waals surface area contributed by atoms with Crippen LogP contribution in [-0.2, 0) is 0 Å². The summed E-state index contributed by atoms with van der Waals surface area (Å²) in [5.41, 5.74) is 6.86. The minimum absolute atomic E-state index is 0.521. The van der Waals surface area contributed by atoms with Crippen molar-refractivity contribution >= 4 is 17.3 Å². The quantitative estimate of drug-likeness (QED) is 0.687. The summed E-state index contributed by atoms with van der Waals surface area (Å²) in [6.45, 7) is 0. The normalized spacial score (nSPS) is 10.2. The molecule has 1 heterocycles. The van der Waals surface area contributed by atoms with Crippen molar-refractivity contribution in [2.75, 3.05) is 5.73 Å². The van der Waals surface area contributed by atoms with Gasteiger partial charge in [-0.3, -0.25) is 0 Å². The molecular weight excluding hydrogens is 190 g/mol. The SMILES string of the molecule is Nc1ccc(-n2cnnn2)c(Cl)c1. The summed E-state index contributed by atoms with van der Waals surface area (Å²) >= 11 is 5.92. The molecule has 2 N–H and O–H groups in total. The molecule has 0 amide bonds. The number of benzene rings is 1. The Morgan fingerprint density at radius 3 is 2.85 bits per heavy atom. The van der Waals surface area contributed by atoms with Crippen LogP contribution in [0.4, 0.5) is 5.69 Å². The highest BCUT2D eigenvalue weighted by Crippen LogP contribution is 2.21. The molecule has 0 bridgehead atoms. The van der Waals surface area contributed by atoms with Gasteiger partial charge in [-0.2, -0.15) is 4.68 Å². The van der Waals surface area contributed by atoms with E-state index in [0.717, 1.165) is 0 Å². The van der Waals surface area contributed by atoms with Crippen molar-refractivity contribution < 1.29 is 0 Å². The maximum absolute atomic E-state index is 5.92. The molecule has 0 saturated heterocycles. The molecule has 2 aromatic rings. The predicted octanol–water partition coefficient (Wildman–Crippen LogP) is 0.898. The third-order valence-corrected chi connectivity index (χ3v) is 1.87. The molecule has 0 radical (unpaired) electrons. The van der Waals surface area contributed by atoms with Gasteiger partial charge in [0.1, 0.15) is 6.33 Å². The largest absolute Gasteiger partial charge is 0.399 e. The number of nitrogens with zero attached hydrogens (tertiary/aromatic N) is 4. The fourth-order valence-electron chi connectivity index (χ4n) is 0.981. The van der Waals surface area contributed by atoms with Gasteiger partial charge in [0.25, 0.3) is 0 Å². The number of anilines is 1. The van der Waals surface area contributed by atoms with Gasteiger partial charge >= 0.3 is 0 Å². The van der Waals surface area contributed by atoms with E-state index in [1.54, 1.807) is 18.2 Å². The van der Waals surface area contributed by atoms with Crippen molar-refractivity contribution in [1.29, 1.82) is 0 Å². The lowest BCUT2D eigenvalue weighted by atomic mass is 10.3. The van der Waals surface area contributed by atoms with Crippen LogP contribution in [0.15, 0.2) is 24.5 Å². The Morgan fingerprint density at radius 2 is 2.23 bits per heavy atom. The Hall–Kier alpha value is -1.62. The highest BCUT2D eigenvalue weighted by Gasteiger charge is 2.03. The van der Waals surface area contributed by atoms with Crippen LogP contribution in [0.1, 0.15) is 0 Å². The van der Waals surface area contributed by atoms with Gasteiger partial charge in [0.2, 0.25) is 0 Å². The Kier molecular flexibility index (Phi) is 1.86. The molecular formula is C7H6ClN5. The number of hydrogen-bond acceptors (Lipinski definition) is 4. The first-order chi connectivity index (χ1) is 6.27. The number of nitrogens with two attached hydrogens (primary N) is 1. The number of halogens is 1. The fraction of sp³-hybridized carbons (Fsp3) is 0. The molecule has 13 heavy (non-hydrogen) atoms. The number of hydrogen-bond donors (Lipinski definition) is 1.